The lowest BCUT2D eigenvalue weighted by atomic mass is 9.90. The summed E-state index contributed by atoms with van der Waals surface area (Å²) in [6.45, 7) is 3.15. The Morgan fingerprint density at radius 2 is 2.36 bits per heavy atom. The first kappa shape index (κ1) is 7.71. The van der Waals surface area contributed by atoms with Crippen molar-refractivity contribution in [1.82, 2.24) is 15.4 Å². The van der Waals surface area contributed by atoms with Gasteiger partial charge in [0, 0.05) is 6.20 Å². The number of aromatic amines is 1. The lowest BCUT2D eigenvalue weighted by Crippen LogP contribution is -2.28. The second kappa shape index (κ2) is 2.34. The first-order chi connectivity index (χ1) is 5.05. The highest BCUT2D eigenvalue weighted by molar-refractivity contribution is 5.79. The Balaban J connectivity index is 3.00. The van der Waals surface area contributed by atoms with Gasteiger partial charge in [0.25, 0.3) is 0 Å². The largest absolute Gasteiger partial charge is 0.481 e. The molecular formula is C6H9N3O2. The van der Waals surface area contributed by atoms with Gasteiger partial charge in [-0.3, -0.25) is 9.89 Å². The summed E-state index contributed by atoms with van der Waals surface area (Å²) in [6.07, 6.45) is 1.48. The maximum absolute atomic E-state index is 10.6. The number of nitrogens with one attached hydrogen (secondary N) is 1. The fraction of sp³-hybridized carbons (Fsp3) is 0.500. The van der Waals surface area contributed by atoms with Gasteiger partial charge in [0.05, 0.1) is 5.69 Å². The van der Waals surface area contributed by atoms with Crippen LogP contribution < -0.4 is 0 Å². The summed E-state index contributed by atoms with van der Waals surface area (Å²) in [5, 5.41) is 18.3. The van der Waals surface area contributed by atoms with Gasteiger partial charge in [-0.2, -0.15) is 0 Å². The molecule has 0 unspecified atom stereocenters. The number of nitrogens with zero attached hydrogens (tertiary/aromatic N) is 2. The minimum atomic E-state index is -0.965. The quantitative estimate of drug-likeness (QED) is 0.637. The topological polar surface area (TPSA) is 78.9 Å². The smallest absolute Gasteiger partial charge is 0.315 e. The van der Waals surface area contributed by atoms with Gasteiger partial charge >= 0.3 is 5.97 Å². The molecule has 0 aliphatic carbocycles. The predicted molar refractivity (Wildman–Crippen MR) is 37.0 cm³/mol. The van der Waals surface area contributed by atoms with Gasteiger partial charge in [0.15, 0.2) is 0 Å². The van der Waals surface area contributed by atoms with Gasteiger partial charge in [-0.1, -0.05) is 5.21 Å². The van der Waals surface area contributed by atoms with Crippen LogP contribution in [0.4, 0.5) is 0 Å². The van der Waals surface area contributed by atoms with E-state index in [0.717, 1.165) is 0 Å². The van der Waals surface area contributed by atoms with Crippen LogP contribution in [0.25, 0.3) is 0 Å². The van der Waals surface area contributed by atoms with Crippen LogP contribution in [0.1, 0.15) is 19.5 Å². The maximum atomic E-state index is 10.6. The lowest BCUT2D eigenvalue weighted by Gasteiger charge is -2.14. The van der Waals surface area contributed by atoms with E-state index in [1.165, 1.54) is 6.20 Å². The summed E-state index contributed by atoms with van der Waals surface area (Å²) >= 11 is 0. The van der Waals surface area contributed by atoms with Crippen molar-refractivity contribution < 1.29 is 9.90 Å². The van der Waals surface area contributed by atoms with Crippen molar-refractivity contribution in [2.45, 2.75) is 19.3 Å². The van der Waals surface area contributed by atoms with E-state index in [2.05, 4.69) is 15.4 Å². The highest BCUT2D eigenvalue weighted by atomic mass is 16.4. The zero-order chi connectivity index (χ0) is 8.48. The van der Waals surface area contributed by atoms with Gasteiger partial charge in [0.2, 0.25) is 0 Å². The Hall–Kier alpha value is -1.39. The van der Waals surface area contributed by atoms with Crippen molar-refractivity contribution in [2.24, 2.45) is 0 Å². The van der Waals surface area contributed by atoms with E-state index in [4.69, 9.17) is 5.11 Å². The molecule has 0 saturated carbocycles. The molecule has 0 amide bonds. The molecule has 0 aliphatic rings. The standard InChI is InChI=1S/C6H9N3O2/c1-6(2,5(10)11)4-3-7-9-8-4/h3H,1-2H3,(H,10,11)(H,7,8,9). The number of aliphatic carboxylic acids is 1. The number of rotatable bonds is 2. The molecule has 0 aliphatic heterocycles. The van der Waals surface area contributed by atoms with Crippen LogP contribution in [0.15, 0.2) is 6.20 Å². The van der Waals surface area contributed by atoms with E-state index >= 15 is 0 Å². The van der Waals surface area contributed by atoms with Gasteiger partial charge in [-0.25, -0.2) is 0 Å². The number of carbonyl (C=O) groups is 1. The molecule has 60 valence electrons. The summed E-state index contributed by atoms with van der Waals surface area (Å²) < 4.78 is 0. The molecule has 1 rings (SSSR count). The van der Waals surface area contributed by atoms with E-state index in [0.29, 0.717) is 5.69 Å². The van der Waals surface area contributed by atoms with Crippen molar-refractivity contribution in [3.8, 4) is 0 Å². The molecule has 0 saturated heterocycles. The molecule has 0 aromatic carbocycles. The van der Waals surface area contributed by atoms with Crippen LogP contribution in [0.3, 0.4) is 0 Å². The zero-order valence-corrected chi connectivity index (χ0v) is 6.33. The van der Waals surface area contributed by atoms with E-state index < -0.39 is 11.4 Å². The van der Waals surface area contributed by atoms with Crippen LogP contribution in [-0.4, -0.2) is 26.5 Å². The minimum absolute atomic E-state index is 0.435. The molecule has 0 spiro atoms. The monoisotopic (exact) mass is 155 g/mol. The van der Waals surface area contributed by atoms with Crippen LogP contribution >= 0.6 is 0 Å². The molecule has 0 fully saturated rings. The normalized spacial score (nSPS) is 11.5. The van der Waals surface area contributed by atoms with Crippen molar-refractivity contribution in [3.63, 3.8) is 0 Å². The van der Waals surface area contributed by atoms with Gasteiger partial charge in [0.1, 0.15) is 5.41 Å². The van der Waals surface area contributed by atoms with Gasteiger partial charge < -0.3 is 5.11 Å². The summed E-state index contributed by atoms with van der Waals surface area (Å²) in [4.78, 5) is 10.6. The van der Waals surface area contributed by atoms with Crippen LogP contribution in [0.5, 0.6) is 0 Å². The van der Waals surface area contributed by atoms with Crippen molar-refractivity contribution in [2.75, 3.05) is 0 Å². The molecule has 1 aromatic rings. The summed E-state index contributed by atoms with van der Waals surface area (Å²) in [5.74, 6) is -0.911. The number of carboxylic acid groups (broad SMARTS) is 1. The minimum Gasteiger partial charge on any atom is -0.481 e. The van der Waals surface area contributed by atoms with Crippen molar-refractivity contribution in [1.29, 1.82) is 0 Å². The molecule has 0 radical (unpaired) electrons. The van der Waals surface area contributed by atoms with Gasteiger partial charge in [-0.05, 0) is 13.8 Å². The summed E-state index contributed by atoms with van der Waals surface area (Å²) in [5.41, 5.74) is -0.530. The fourth-order valence-electron chi connectivity index (χ4n) is 0.617. The van der Waals surface area contributed by atoms with Crippen LogP contribution in [0.2, 0.25) is 0 Å². The maximum Gasteiger partial charge on any atom is 0.315 e. The average Bonchev–Trinajstić information content (AvgIpc) is 2.37. The molecule has 5 heteroatoms. The second-order valence-electron chi connectivity index (χ2n) is 2.79. The van der Waals surface area contributed by atoms with Crippen LogP contribution in [-0.2, 0) is 10.2 Å². The first-order valence-electron chi connectivity index (χ1n) is 3.15. The number of hydrogen-bond acceptors (Lipinski definition) is 3. The third kappa shape index (κ3) is 1.21. The Morgan fingerprint density at radius 1 is 1.73 bits per heavy atom. The molecule has 0 bridgehead atoms. The highest BCUT2D eigenvalue weighted by Crippen LogP contribution is 2.19. The molecule has 11 heavy (non-hydrogen) atoms. The third-order valence-corrected chi connectivity index (χ3v) is 1.59. The van der Waals surface area contributed by atoms with Crippen molar-refractivity contribution >= 4 is 5.97 Å². The molecule has 2 N–H and O–H groups in total. The fourth-order valence-corrected chi connectivity index (χ4v) is 0.617. The molecule has 1 heterocycles. The highest BCUT2D eigenvalue weighted by Gasteiger charge is 2.31. The summed E-state index contributed by atoms with van der Waals surface area (Å²) in [6, 6.07) is 0. The number of H-pyrrole nitrogens is 1. The SMILES string of the molecule is CC(C)(C(=O)O)c1c[nH]nn1. The Labute approximate surface area is 63.4 Å². The van der Waals surface area contributed by atoms with Crippen LogP contribution in [0, 0.1) is 0 Å². The Kier molecular flexibility index (Phi) is 1.64. The van der Waals surface area contributed by atoms with E-state index in [9.17, 15) is 4.79 Å². The first-order valence-corrected chi connectivity index (χ1v) is 3.15. The van der Waals surface area contributed by atoms with Crippen molar-refractivity contribution in [3.05, 3.63) is 11.9 Å². The molecule has 0 atom stereocenters. The van der Waals surface area contributed by atoms with E-state index in [1.54, 1.807) is 13.8 Å². The Bertz CT molecular complexity index is 253. The molecule has 1 aromatic heterocycles. The number of aromatic nitrogens is 3. The third-order valence-electron chi connectivity index (χ3n) is 1.59. The zero-order valence-electron chi connectivity index (χ0n) is 6.33. The average molecular weight is 155 g/mol. The molecular weight excluding hydrogens is 146 g/mol. The Morgan fingerprint density at radius 3 is 2.73 bits per heavy atom. The number of hydrogen-bond donors (Lipinski definition) is 2. The summed E-state index contributed by atoms with van der Waals surface area (Å²) in [7, 11) is 0. The van der Waals surface area contributed by atoms with E-state index in [-0.39, 0.29) is 0 Å². The predicted octanol–water partition coefficient (Wildman–Crippen LogP) is 0.167. The van der Waals surface area contributed by atoms with Gasteiger partial charge in [-0.15, -0.1) is 5.10 Å². The number of carboxylic acids is 1. The molecule has 5 nitrogen and oxygen atoms in total. The second-order valence-corrected chi connectivity index (χ2v) is 2.79. The van der Waals surface area contributed by atoms with E-state index in [1.807, 2.05) is 0 Å². The lowest BCUT2D eigenvalue weighted by molar-refractivity contribution is -0.142.